The minimum atomic E-state index is -0.204. The van der Waals surface area contributed by atoms with E-state index < -0.39 is 0 Å². The zero-order valence-electron chi connectivity index (χ0n) is 9.19. The number of rotatable bonds is 4. The van der Waals surface area contributed by atoms with Crippen molar-refractivity contribution in [2.24, 2.45) is 0 Å². The van der Waals surface area contributed by atoms with Crippen LogP contribution in [0, 0.1) is 0 Å². The van der Waals surface area contributed by atoms with Crippen molar-refractivity contribution in [3.63, 3.8) is 0 Å². The van der Waals surface area contributed by atoms with Gasteiger partial charge in [0.05, 0.1) is 0 Å². The summed E-state index contributed by atoms with van der Waals surface area (Å²) >= 11 is 1.73. The molecule has 2 heteroatoms. The van der Waals surface area contributed by atoms with Crippen molar-refractivity contribution in [2.45, 2.75) is 12.1 Å². The standard InChI is InChI=1S/C14H14Si.Zr/c1-3-7-13(8-4-1)11-15-12-14-9-5-2-6-10-14;/h1-10H,11-12H2;. The average Bonchev–Trinajstić information content (AvgIpc) is 2.31. The summed E-state index contributed by atoms with van der Waals surface area (Å²) in [5, 5.41) is 0. The minimum absolute atomic E-state index is 0.204. The molecule has 2 aromatic rings. The molecule has 78 valence electrons. The van der Waals surface area contributed by atoms with E-state index in [1.165, 1.54) is 23.2 Å². The summed E-state index contributed by atoms with van der Waals surface area (Å²) in [6.07, 6.45) is 0. The molecule has 0 saturated carbocycles. The summed E-state index contributed by atoms with van der Waals surface area (Å²) in [4.78, 5) is 0. The second kappa shape index (κ2) is 6.32. The molecule has 0 fully saturated rings. The molecule has 0 unspecified atom stereocenters. The first-order chi connectivity index (χ1) is 7.84. The molecule has 0 aliphatic carbocycles. The van der Waals surface area contributed by atoms with Gasteiger partial charge in [0.15, 0.2) is 0 Å². The van der Waals surface area contributed by atoms with Crippen molar-refractivity contribution in [2.75, 3.05) is 0 Å². The molecule has 2 rings (SSSR count). The summed E-state index contributed by atoms with van der Waals surface area (Å²) in [6.45, 7) is 0. The summed E-state index contributed by atoms with van der Waals surface area (Å²) in [5.41, 5.74) is 2.80. The third-order valence-corrected chi connectivity index (χ3v) is 6.80. The van der Waals surface area contributed by atoms with E-state index in [0.717, 1.165) is 0 Å². The molecule has 0 atom stereocenters. The maximum atomic E-state index is 2.25. The van der Waals surface area contributed by atoms with Crippen LogP contribution in [0.4, 0.5) is 0 Å². The fraction of sp³-hybridized carbons (Fsp3) is 0.143. The molecular weight excluding hydrogens is 287 g/mol. The Hall–Kier alpha value is -0.460. The van der Waals surface area contributed by atoms with Crippen molar-refractivity contribution in [3.8, 4) is 0 Å². The van der Waals surface area contributed by atoms with Gasteiger partial charge in [-0.15, -0.1) is 0 Å². The third kappa shape index (κ3) is 3.84. The zero-order chi connectivity index (χ0) is 11.2. The van der Waals surface area contributed by atoms with Crippen LogP contribution in [0.3, 0.4) is 0 Å². The molecule has 0 aliphatic heterocycles. The van der Waals surface area contributed by atoms with Gasteiger partial charge < -0.3 is 0 Å². The molecule has 0 N–H and O–H groups in total. The Morgan fingerprint density at radius 3 is 1.44 bits per heavy atom. The second-order valence-electron chi connectivity index (χ2n) is 3.93. The fourth-order valence-corrected chi connectivity index (χ4v) is 6.34. The van der Waals surface area contributed by atoms with Crippen molar-refractivity contribution < 1.29 is 23.3 Å². The molecule has 0 aromatic heterocycles. The molecule has 0 saturated heterocycles. The van der Waals surface area contributed by atoms with Gasteiger partial charge in [-0.25, -0.2) is 0 Å². The molecule has 0 bridgehead atoms. The second-order valence-corrected chi connectivity index (χ2v) is 11.1. The molecule has 16 heavy (non-hydrogen) atoms. The van der Waals surface area contributed by atoms with Crippen LogP contribution in [0.5, 0.6) is 0 Å². The Morgan fingerprint density at radius 1 is 0.688 bits per heavy atom. The molecule has 0 spiro atoms. The summed E-state index contributed by atoms with van der Waals surface area (Å²) < 4.78 is 0. The average molecular weight is 302 g/mol. The van der Waals surface area contributed by atoms with Crippen LogP contribution in [0.1, 0.15) is 11.1 Å². The zero-order valence-corrected chi connectivity index (χ0v) is 12.6. The van der Waals surface area contributed by atoms with Crippen molar-refractivity contribution in [1.82, 2.24) is 0 Å². The van der Waals surface area contributed by atoms with Crippen LogP contribution in [0.2, 0.25) is 0 Å². The van der Waals surface area contributed by atoms with E-state index >= 15 is 0 Å². The van der Waals surface area contributed by atoms with Gasteiger partial charge in [0.25, 0.3) is 0 Å². The van der Waals surface area contributed by atoms with Gasteiger partial charge in [0, 0.05) is 0 Å². The van der Waals surface area contributed by atoms with Crippen molar-refractivity contribution >= 4 is 5.43 Å². The first kappa shape index (κ1) is 12.0. The van der Waals surface area contributed by atoms with Gasteiger partial charge in [-0.1, -0.05) is 0 Å². The van der Waals surface area contributed by atoms with E-state index in [2.05, 4.69) is 60.7 Å². The summed E-state index contributed by atoms with van der Waals surface area (Å²) in [7, 11) is 0. The van der Waals surface area contributed by atoms with Gasteiger partial charge in [0.1, 0.15) is 0 Å². The Bertz CT molecular complexity index is 407. The van der Waals surface area contributed by atoms with E-state index in [9.17, 15) is 0 Å². The number of benzene rings is 2. The first-order valence-corrected chi connectivity index (χ1v) is 11.1. The molecule has 0 radical (unpaired) electrons. The van der Waals surface area contributed by atoms with Gasteiger partial charge in [-0.2, -0.15) is 0 Å². The Balaban J connectivity index is 1.95. The van der Waals surface area contributed by atoms with Crippen LogP contribution < -0.4 is 0 Å². The molecular formula is C14H14SiZr. The quantitative estimate of drug-likeness (QED) is 0.761. The molecule has 2 aromatic carbocycles. The van der Waals surface area contributed by atoms with Crippen LogP contribution in [0.15, 0.2) is 60.7 Å². The fourth-order valence-electron chi connectivity index (χ4n) is 1.75. The van der Waals surface area contributed by atoms with Crippen LogP contribution in [0.25, 0.3) is 0 Å². The normalized spacial score (nSPS) is 9.94. The number of hydrogen-bond acceptors (Lipinski definition) is 0. The van der Waals surface area contributed by atoms with E-state index in [-0.39, 0.29) is 5.43 Å². The first-order valence-electron chi connectivity index (χ1n) is 5.49. The Morgan fingerprint density at radius 2 is 1.06 bits per heavy atom. The monoisotopic (exact) mass is 300 g/mol. The maximum absolute atomic E-state index is 2.25. The Kier molecular flexibility index (Phi) is 4.74. The SMILES string of the molecule is [Zr]=[Si](Cc1ccccc1)Cc1ccccc1. The van der Waals surface area contributed by atoms with Crippen LogP contribution >= 0.6 is 0 Å². The molecule has 0 amide bonds. The number of hydrogen-bond donors (Lipinski definition) is 0. The predicted molar refractivity (Wildman–Crippen MR) is 66.0 cm³/mol. The van der Waals surface area contributed by atoms with Crippen molar-refractivity contribution in [1.29, 1.82) is 0 Å². The van der Waals surface area contributed by atoms with Gasteiger partial charge >= 0.3 is 113 Å². The molecule has 0 nitrogen and oxygen atoms in total. The summed E-state index contributed by atoms with van der Waals surface area (Å²) in [5.74, 6) is 0. The van der Waals surface area contributed by atoms with E-state index in [4.69, 9.17) is 0 Å². The van der Waals surface area contributed by atoms with Gasteiger partial charge in [-0.3, -0.25) is 0 Å². The van der Waals surface area contributed by atoms with E-state index in [1.54, 1.807) is 23.3 Å². The summed E-state index contributed by atoms with van der Waals surface area (Å²) in [6, 6.07) is 24.4. The van der Waals surface area contributed by atoms with E-state index in [1.807, 2.05) is 0 Å². The Labute approximate surface area is 112 Å². The van der Waals surface area contributed by atoms with Gasteiger partial charge in [-0.05, 0) is 0 Å². The third-order valence-electron chi connectivity index (χ3n) is 2.52. The van der Waals surface area contributed by atoms with Crippen molar-refractivity contribution in [3.05, 3.63) is 71.8 Å². The molecule has 0 aliphatic rings. The predicted octanol–water partition coefficient (Wildman–Crippen LogP) is 3.09. The van der Waals surface area contributed by atoms with E-state index in [0.29, 0.717) is 0 Å². The van der Waals surface area contributed by atoms with Gasteiger partial charge in [0.2, 0.25) is 0 Å². The topological polar surface area (TPSA) is 0 Å². The van der Waals surface area contributed by atoms with Crippen LogP contribution in [-0.4, -0.2) is 5.43 Å². The molecule has 0 heterocycles. The van der Waals surface area contributed by atoms with Crippen LogP contribution in [-0.2, 0) is 35.4 Å².